The summed E-state index contributed by atoms with van der Waals surface area (Å²) in [4.78, 5) is 11.9. The van der Waals surface area contributed by atoms with E-state index >= 15 is 0 Å². The van der Waals surface area contributed by atoms with Gasteiger partial charge in [0.1, 0.15) is 0 Å². The van der Waals surface area contributed by atoms with Crippen LogP contribution in [-0.4, -0.2) is 5.91 Å². The number of alkyl halides is 3. The number of hydrogen-bond donors (Lipinski definition) is 1. The Hall–Kier alpha value is -2.01. The smallest absolute Gasteiger partial charge is 0.322 e. The van der Waals surface area contributed by atoms with Gasteiger partial charge in [0.2, 0.25) is 0 Å². The van der Waals surface area contributed by atoms with E-state index in [1.54, 1.807) is 0 Å². The minimum Gasteiger partial charge on any atom is -0.322 e. The summed E-state index contributed by atoms with van der Waals surface area (Å²) in [6.45, 7) is 1.37. The highest BCUT2D eigenvalue weighted by molar-refractivity contribution is 6.30. The Morgan fingerprint density at radius 1 is 1.10 bits per heavy atom. The maximum Gasteiger partial charge on any atom is 0.416 e. The van der Waals surface area contributed by atoms with Crippen LogP contribution in [-0.2, 0) is 6.18 Å². The van der Waals surface area contributed by atoms with Gasteiger partial charge in [0, 0.05) is 16.3 Å². The highest BCUT2D eigenvalue weighted by Gasteiger charge is 2.32. The molecule has 0 unspecified atom stereocenters. The Morgan fingerprint density at radius 3 is 2.29 bits per heavy atom. The average molecular weight is 314 g/mol. The maximum atomic E-state index is 12.8. The summed E-state index contributed by atoms with van der Waals surface area (Å²) >= 11 is 5.71. The lowest BCUT2D eigenvalue weighted by molar-refractivity contribution is -0.138. The fraction of sp³-hybridized carbons (Fsp3) is 0.133. The summed E-state index contributed by atoms with van der Waals surface area (Å²) in [6, 6.07) is 9.73. The van der Waals surface area contributed by atoms with Crippen LogP contribution in [0.3, 0.4) is 0 Å². The van der Waals surface area contributed by atoms with Crippen LogP contribution in [0.4, 0.5) is 18.9 Å². The molecule has 2 nitrogen and oxygen atoms in total. The molecule has 1 N–H and O–H groups in total. The molecule has 2 aromatic rings. The van der Waals surface area contributed by atoms with Crippen LogP contribution in [0.25, 0.3) is 0 Å². The molecule has 2 rings (SSSR count). The minimum absolute atomic E-state index is 0.0906. The van der Waals surface area contributed by atoms with Crippen LogP contribution < -0.4 is 5.32 Å². The molecule has 21 heavy (non-hydrogen) atoms. The molecule has 0 heterocycles. The van der Waals surface area contributed by atoms with Crippen LogP contribution in [0.1, 0.15) is 21.5 Å². The van der Waals surface area contributed by atoms with Crippen LogP contribution >= 0.6 is 11.6 Å². The second-order valence-electron chi connectivity index (χ2n) is 4.49. The molecule has 6 heteroatoms. The Labute approximate surface area is 124 Å². The van der Waals surface area contributed by atoms with Crippen molar-refractivity contribution in [1.29, 1.82) is 0 Å². The largest absolute Gasteiger partial charge is 0.416 e. The molecule has 0 atom stereocenters. The SMILES string of the molecule is Cc1ccc(NC(=O)c2ccc(Cl)cc2)cc1C(F)(F)F. The number of hydrogen-bond acceptors (Lipinski definition) is 1. The van der Waals surface area contributed by atoms with E-state index < -0.39 is 17.6 Å². The van der Waals surface area contributed by atoms with Crippen LogP contribution in [0.5, 0.6) is 0 Å². The molecule has 0 fully saturated rings. The van der Waals surface area contributed by atoms with Gasteiger partial charge in [0.05, 0.1) is 5.56 Å². The van der Waals surface area contributed by atoms with Crippen molar-refractivity contribution in [3.63, 3.8) is 0 Å². The summed E-state index contributed by atoms with van der Waals surface area (Å²) in [5, 5.41) is 2.91. The third-order valence-electron chi connectivity index (χ3n) is 2.91. The quantitative estimate of drug-likeness (QED) is 0.837. The fourth-order valence-corrected chi connectivity index (χ4v) is 1.94. The first-order valence-corrected chi connectivity index (χ1v) is 6.40. The first-order valence-electron chi connectivity index (χ1n) is 6.02. The summed E-state index contributed by atoms with van der Waals surface area (Å²) in [6.07, 6.45) is -4.45. The van der Waals surface area contributed by atoms with E-state index in [2.05, 4.69) is 5.32 Å². The fourth-order valence-electron chi connectivity index (χ4n) is 1.81. The van der Waals surface area contributed by atoms with Crippen LogP contribution in [0.2, 0.25) is 5.02 Å². The van der Waals surface area contributed by atoms with Crippen LogP contribution in [0.15, 0.2) is 42.5 Å². The lowest BCUT2D eigenvalue weighted by Crippen LogP contribution is -2.13. The van der Waals surface area contributed by atoms with Gasteiger partial charge in [-0.15, -0.1) is 0 Å². The van der Waals surface area contributed by atoms with Crippen molar-refractivity contribution in [1.82, 2.24) is 0 Å². The molecule has 0 aliphatic heterocycles. The highest BCUT2D eigenvalue weighted by atomic mass is 35.5. The standard InChI is InChI=1S/C15H11ClF3NO/c1-9-2-7-12(8-13(9)15(17,18)19)20-14(21)10-3-5-11(16)6-4-10/h2-8H,1H3,(H,20,21). The molecule has 110 valence electrons. The van der Waals surface area contributed by atoms with E-state index in [4.69, 9.17) is 11.6 Å². The van der Waals surface area contributed by atoms with E-state index in [0.29, 0.717) is 10.6 Å². The van der Waals surface area contributed by atoms with Gasteiger partial charge in [0.15, 0.2) is 0 Å². The van der Waals surface area contributed by atoms with Gasteiger partial charge in [-0.1, -0.05) is 17.7 Å². The number of amides is 1. The molecule has 0 radical (unpaired) electrons. The number of carbonyl (C=O) groups is 1. The molecule has 0 spiro atoms. The molecule has 1 amide bonds. The van der Waals surface area contributed by atoms with Crippen molar-refractivity contribution in [2.45, 2.75) is 13.1 Å². The zero-order valence-corrected chi connectivity index (χ0v) is 11.7. The van der Waals surface area contributed by atoms with Gasteiger partial charge >= 0.3 is 6.18 Å². The molecule has 0 saturated heterocycles. The van der Waals surface area contributed by atoms with E-state index in [0.717, 1.165) is 6.07 Å². The highest BCUT2D eigenvalue weighted by Crippen LogP contribution is 2.33. The lowest BCUT2D eigenvalue weighted by atomic mass is 10.1. The van der Waals surface area contributed by atoms with Crippen molar-refractivity contribution in [3.8, 4) is 0 Å². The zero-order chi connectivity index (χ0) is 15.6. The Morgan fingerprint density at radius 2 is 1.71 bits per heavy atom. The second-order valence-corrected chi connectivity index (χ2v) is 4.92. The van der Waals surface area contributed by atoms with Crippen molar-refractivity contribution in [2.75, 3.05) is 5.32 Å². The van der Waals surface area contributed by atoms with Gasteiger partial charge in [-0.3, -0.25) is 4.79 Å². The predicted molar refractivity (Wildman–Crippen MR) is 75.6 cm³/mol. The molecular formula is C15H11ClF3NO. The van der Waals surface area contributed by atoms with Gasteiger partial charge in [0.25, 0.3) is 5.91 Å². The molecular weight excluding hydrogens is 303 g/mol. The number of nitrogens with one attached hydrogen (secondary N) is 1. The van der Waals surface area contributed by atoms with Crippen molar-refractivity contribution in [3.05, 3.63) is 64.2 Å². The maximum absolute atomic E-state index is 12.8. The normalized spacial score (nSPS) is 11.3. The number of halogens is 4. The molecule has 0 aliphatic carbocycles. The first kappa shape index (κ1) is 15.4. The van der Waals surface area contributed by atoms with Gasteiger partial charge in [-0.2, -0.15) is 13.2 Å². The minimum atomic E-state index is -4.45. The monoisotopic (exact) mass is 313 g/mol. The average Bonchev–Trinajstić information content (AvgIpc) is 2.40. The zero-order valence-electron chi connectivity index (χ0n) is 11.0. The summed E-state index contributed by atoms with van der Waals surface area (Å²) in [5.74, 6) is -0.497. The van der Waals surface area contributed by atoms with Crippen LogP contribution in [0, 0.1) is 6.92 Å². The number of aryl methyl sites for hydroxylation is 1. The van der Waals surface area contributed by atoms with E-state index in [1.165, 1.54) is 43.3 Å². The first-order chi connectivity index (χ1) is 9.77. The van der Waals surface area contributed by atoms with Gasteiger partial charge in [-0.25, -0.2) is 0 Å². The molecule has 0 saturated carbocycles. The van der Waals surface area contributed by atoms with E-state index in [9.17, 15) is 18.0 Å². The molecule has 0 aromatic heterocycles. The molecule has 2 aromatic carbocycles. The van der Waals surface area contributed by atoms with E-state index in [-0.39, 0.29) is 11.3 Å². The van der Waals surface area contributed by atoms with Crippen molar-refractivity contribution in [2.24, 2.45) is 0 Å². The third kappa shape index (κ3) is 3.76. The van der Waals surface area contributed by atoms with Crippen molar-refractivity contribution >= 4 is 23.2 Å². The van der Waals surface area contributed by atoms with Gasteiger partial charge in [-0.05, 0) is 48.9 Å². The van der Waals surface area contributed by atoms with E-state index in [1.807, 2.05) is 0 Å². The summed E-state index contributed by atoms with van der Waals surface area (Å²) in [7, 11) is 0. The Bertz CT molecular complexity index is 666. The summed E-state index contributed by atoms with van der Waals surface area (Å²) in [5.41, 5.74) is -0.259. The van der Waals surface area contributed by atoms with Gasteiger partial charge < -0.3 is 5.32 Å². The predicted octanol–water partition coefficient (Wildman–Crippen LogP) is 4.92. The number of anilines is 1. The Balaban J connectivity index is 2.24. The number of carbonyl (C=O) groups excluding carboxylic acids is 1. The Kier molecular flexibility index (Phi) is 4.23. The molecule has 0 aliphatic rings. The lowest BCUT2D eigenvalue weighted by Gasteiger charge is -2.12. The third-order valence-corrected chi connectivity index (χ3v) is 3.16. The molecule has 0 bridgehead atoms. The number of benzene rings is 2. The summed E-state index contributed by atoms with van der Waals surface area (Å²) < 4.78 is 38.4. The number of rotatable bonds is 2. The van der Waals surface area contributed by atoms with Crippen molar-refractivity contribution < 1.29 is 18.0 Å². The second kappa shape index (κ2) is 5.77. The topological polar surface area (TPSA) is 29.1 Å².